The predicted molar refractivity (Wildman–Crippen MR) is 145 cm³/mol. The molecule has 6 rings (SSSR count). The Morgan fingerprint density at radius 2 is 1.84 bits per heavy atom. The Balaban J connectivity index is 1.29. The van der Waals surface area contributed by atoms with E-state index in [0.29, 0.717) is 5.92 Å². The molecule has 0 amide bonds. The molecule has 2 aromatic carbocycles. The average molecular weight is 496 g/mol. The number of aromatic carboxylic acids is 1. The summed E-state index contributed by atoms with van der Waals surface area (Å²) in [6.45, 7) is 0. The van der Waals surface area contributed by atoms with E-state index in [0.717, 1.165) is 34.6 Å². The Kier molecular flexibility index (Phi) is 6.30. The number of aromatic nitrogens is 2. The molecule has 2 heterocycles. The molecule has 3 aliphatic rings. The second-order valence-corrected chi connectivity index (χ2v) is 10.5. The van der Waals surface area contributed by atoms with Gasteiger partial charge in [-0.25, -0.2) is 9.48 Å². The van der Waals surface area contributed by atoms with Crippen molar-refractivity contribution in [2.24, 2.45) is 11.8 Å². The number of carboxylic acids is 1. The van der Waals surface area contributed by atoms with Crippen molar-refractivity contribution in [3.63, 3.8) is 0 Å². The molecule has 1 aromatic heterocycles. The maximum Gasteiger partial charge on any atom is 0.339 e. The standard InChI is InChI=1S/C30H33N5O2/c1-34-19-28(32-33-34)25-17-26(25)29-27(30(36)37)18-31-35(29)24-12-6-11-23(16-24)22-10-5-9-21(15-22)14-13-20-7-3-2-4-8-20/h5-6,9-16,18-20,25-26,32-33H,2-4,7-8,17H2,1H3,(H,36,37)/b14-13+/t25-,26-/m1/s1. The fourth-order valence-corrected chi connectivity index (χ4v) is 5.75. The number of hydrogen-bond donors (Lipinski definition) is 3. The van der Waals surface area contributed by atoms with E-state index in [9.17, 15) is 9.90 Å². The van der Waals surface area contributed by atoms with Crippen LogP contribution in [0.5, 0.6) is 0 Å². The first-order valence-electron chi connectivity index (χ1n) is 13.2. The van der Waals surface area contributed by atoms with Gasteiger partial charge in [0.15, 0.2) is 0 Å². The van der Waals surface area contributed by atoms with Gasteiger partial charge < -0.3 is 10.5 Å². The maximum atomic E-state index is 12.1. The molecular formula is C30H33N5O2. The third-order valence-corrected chi connectivity index (χ3v) is 7.81. The van der Waals surface area contributed by atoms with Crippen molar-refractivity contribution in [1.29, 1.82) is 0 Å². The number of nitrogens with one attached hydrogen (secondary N) is 2. The molecule has 7 nitrogen and oxygen atoms in total. The van der Waals surface area contributed by atoms with Crippen molar-refractivity contribution in [1.82, 2.24) is 25.7 Å². The molecule has 0 saturated heterocycles. The molecule has 2 atom stereocenters. The quantitative estimate of drug-likeness (QED) is 0.388. The lowest BCUT2D eigenvalue weighted by Gasteiger charge is -2.17. The molecule has 3 aromatic rings. The van der Waals surface area contributed by atoms with Crippen LogP contribution in [0.15, 0.2) is 72.7 Å². The van der Waals surface area contributed by atoms with Crippen molar-refractivity contribution in [2.45, 2.75) is 44.4 Å². The van der Waals surface area contributed by atoms with Crippen LogP contribution in [0.2, 0.25) is 0 Å². The third-order valence-electron chi connectivity index (χ3n) is 7.81. The lowest BCUT2D eigenvalue weighted by Crippen LogP contribution is -2.33. The topological polar surface area (TPSA) is 82.4 Å². The maximum absolute atomic E-state index is 12.1. The van der Waals surface area contributed by atoms with Crippen LogP contribution in [-0.4, -0.2) is 32.9 Å². The zero-order valence-corrected chi connectivity index (χ0v) is 21.1. The van der Waals surface area contributed by atoms with Crippen LogP contribution in [0.3, 0.4) is 0 Å². The summed E-state index contributed by atoms with van der Waals surface area (Å²) in [4.78, 5) is 12.1. The molecule has 0 bridgehead atoms. The van der Waals surface area contributed by atoms with E-state index in [1.807, 2.05) is 35.1 Å². The summed E-state index contributed by atoms with van der Waals surface area (Å²) in [5.41, 5.74) is 12.6. The summed E-state index contributed by atoms with van der Waals surface area (Å²) in [5.74, 6) is 0.0866. The monoisotopic (exact) mass is 495 g/mol. The minimum atomic E-state index is -0.941. The zero-order valence-electron chi connectivity index (χ0n) is 21.1. The number of allylic oxidation sites excluding steroid dienone is 2. The minimum absolute atomic E-state index is 0.0950. The molecule has 3 N–H and O–H groups in total. The highest BCUT2D eigenvalue weighted by Crippen LogP contribution is 2.52. The lowest BCUT2D eigenvalue weighted by molar-refractivity contribution is 0.0695. The highest BCUT2D eigenvalue weighted by atomic mass is 16.4. The van der Waals surface area contributed by atoms with Crippen LogP contribution in [0.1, 0.15) is 66.1 Å². The largest absolute Gasteiger partial charge is 0.478 e. The molecule has 1 aliphatic heterocycles. The number of hydrazine groups is 2. The second kappa shape index (κ2) is 9.90. The number of hydrogen-bond acceptors (Lipinski definition) is 5. The van der Waals surface area contributed by atoms with Crippen LogP contribution >= 0.6 is 0 Å². The molecule has 190 valence electrons. The van der Waals surface area contributed by atoms with Gasteiger partial charge in [0.25, 0.3) is 0 Å². The molecule has 0 unspecified atom stereocenters. The summed E-state index contributed by atoms with van der Waals surface area (Å²) in [5, 5.41) is 16.3. The van der Waals surface area contributed by atoms with Gasteiger partial charge in [0.2, 0.25) is 0 Å². The van der Waals surface area contributed by atoms with Crippen LogP contribution in [0.4, 0.5) is 0 Å². The van der Waals surface area contributed by atoms with Gasteiger partial charge in [0.1, 0.15) is 5.56 Å². The molecule has 2 aliphatic carbocycles. The molecule has 37 heavy (non-hydrogen) atoms. The second-order valence-electron chi connectivity index (χ2n) is 10.5. The van der Waals surface area contributed by atoms with E-state index in [1.165, 1.54) is 43.9 Å². The molecule has 2 fully saturated rings. The van der Waals surface area contributed by atoms with Crippen molar-refractivity contribution >= 4 is 12.0 Å². The van der Waals surface area contributed by atoms with E-state index in [2.05, 4.69) is 64.6 Å². The Morgan fingerprint density at radius 3 is 2.59 bits per heavy atom. The Hall–Kier alpha value is -3.84. The summed E-state index contributed by atoms with van der Waals surface area (Å²) < 4.78 is 1.82. The van der Waals surface area contributed by atoms with Gasteiger partial charge in [-0.2, -0.15) is 5.10 Å². The van der Waals surface area contributed by atoms with Crippen LogP contribution < -0.4 is 11.0 Å². The van der Waals surface area contributed by atoms with Crippen molar-refractivity contribution in [3.05, 3.63) is 89.5 Å². The van der Waals surface area contributed by atoms with E-state index >= 15 is 0 Å². The van der Waals surface area contributed by atoms with Gasteiger partial charge in [-0.1, -0.05) is 61.7 Å². The van der Waals surface area contributed by atoms with E-state index in [4.69, 9.17) is 0 Å². The first-order valence-corrected chi connectivity index (χ1v) is 13.2. The smallest absolute Gasteiger partial charge is 0.339 e. The number of carboxylic acid groups (broad SMARTS) is 1. The number of rotatable bonds is 7. The van der Waals surface area contributed by atoms with Crippen molar-refractivity contribution < 1.29 is 9.90 Å². The fourth-order valence-electron chi connectivity index (χ4n) is 5.75. The highest BCUT2D eigenvalue weighted by Gasteiger charge is 2.46. The predicted octanol–water partition coefficient (Wildman–Crippen LogP) is 5.73. The van der Waals surface area contributed by atoms with Gasteiger partial charge in [-0.05, 0) is 60.1 Å². The fraction of sp³-hybridized carbons (Fsp3) is 0.333. The molecule has 0 radical (unpaired) electrons. The number of nitrogens with zero attached hydrogens (tertiary/aromatic N) is 3. The summed E-state index contributed by atoms with van der Waals surface area (Å²) in [6, 6.07) is 16.8. The summed E-state index contributed by atoms with van der Waals surface area (Å²) in [7, 11) is 1.93. The minimum Gasteiger partial charge on any atom is -0.478 e. The van der Waals surface area contributed by atoms with E-state index < -0.39 is 5.97 Å². The van der Waals surface area contributed by atoms with E-state index in [-0.39, 0.29) is 17.4 Å². The zero-order chi connectivity index (χ0) is 25.4. The molecule has 0 spiro atoms. The van der Waals surface area contributed by atoms with Crippen LogP contribution in [-0.2, 0) is 0 Å². The van der Waals surface area contributed by atoms with E-state index in [1.54, 1.807) is 0 Å². The number of benzene rings is 2. The lowest BCUT2D eigenvalue weighted by atomic mass is 9.88. The molecule has 7 heteroatoms. The third kappa shape index (κ3) is 4.91. The van der Waals surface area contributed by atoms with Crippen LogP contribution in [0, 0.1) is 11.8 Å². The van der Waals surface area contributed by atoms with Gasteiger partial charge in [-0.3, -0.25) is 5.01 Å². The summed E-state index contributed by atoms with van der Waals surface area (Å²) >= 11 is 0. The Morgan fingerprint density at radius 1 is 1.05 bits per heavy atom. The Bertz CT molecular complexity index is 1370. The average Bonchev–Trinajstić information content (AvgIpc) is 3.37. The Labute approximate surface area is 217 Å². The van der Waals surface area contributed by atoms with Gasteiger partial charge in [0, 0.05) is 30.8 Å². The van der Waals surface area contributed by atoms with Gasteiger partial charge >= 0.3 is 5.97 Å². The van der Waals surface area contributed by atoms with Crippen molar-refractivity contribution in [2.75, 3.05) is 7.05 Å². The molecular weight excluding hydrogens is 462 g/mol. The van der Waals surface area contributed by atoms with Gasteiger partial charge in [0.05, 0.1) is 17.6 Å². The molecule has 2 saturated carbocycles. The van der Waals surface area contributed by atoms with Gasteiger partial charge in [-0.15, -0.1) is 5.53 Å². The summed E-state index contributed by atoms with van der Waals surface area (Å²) in [6.07, 6.45) is 15.7. The first-order chi connectivity index (χ1) is 18.1. The number of carbonyl (C=O) groups is 1. The van der Waals surface area contributed by atoms with Crippen LogP contribution in [0.25, 0.3) is 22.9 Å². The SMILES string of the molecule is CN1C=C([C@@H]2C[C@H]2c2c(C(=O)O)cnn2-c2cccc(-c3cccc(/C=C/C4CCCCC4)c3)c2)NN1. The first kappa shape index (κ1) is 23.6. The highest BCUT2D eigenvalue weighted by molar-refractivity contribution is 5.89. The normalized spacial score (nSPS) is 21.8. The van der Waals surface area contributed by atoms with Crippen molar-refractivity contribution in [3.8, 4) is 16.8 Å².